The van der Waals surface area contributed by atoms with Crippen LogP contribution in [0.15, 0.2) is 127 Å². The van der Waals surface area contributed by atoms with E-state index in [9.17, 15) is 4.79 Å². The van der Waals surface area contributed by atoms with E-state index in [-0.39, 0.29) is 0 Å². The SMILES string of the molecule is O=Cc1ccccc1.c1ccc(Pc2ccccc2)cc1.c1ccccc1. The van der Waals surface area contributed by atoms with Gasteiger partial charge in [0.1, 0.15) is 6.29 Å². The van der Waals surface area contributed by atoms with Crippen LogP contribution in [0.5, 0.6) is 0 Å². The predicted molar refractivity (Wildman–Crippen MR) is 119 cm³/mol. The number of hydrogen-bond acceptors (Lipinski definition) is 1. The van der Waals surface area contributed by atoms with Crippen molar-refractivity contribution in [3.63, 3.8) is 0 Å². The molecule has 0 unspecified atom stereocenters. The highest BCUT2D eigenvalue weighted by molar-refractivity contribution is 7.55. The van der Waals surface area contributed by atoms with Gasteiger partial charge >= 0.3 is 0 Å². The maximum atomic E-state index is 10.0. The normalized spacial score (nSPS) is 9.04. The fourth-order valence-corrected chi connectivity index (χ4v) is 3.18. The number of carbonyl (C=O) groups is 1. The first-order valence-electron chi connectivity index (χ1n) is 8.76. The highest BCUT2D eigenvalue weighted by Crippen LogP contribution is 2.08. The summed E-state index contributed by atoms with van der Waals surface area (Å²) in [5, 5.41) is 2.79. The summed E-state index contributed by atoms with van der Waals surface area (Å²) in [6.07, 6.45) is 0.833. The fraction of sp³-hybridized carbons (Fsp3) is 0. The van der Waals surface area contributed by atoms with Crippen LogP contribution in [0.3, 0.4) is 0 Å². The molecule has 4 aromatic carbocycles. The maximum Gasteiger partial charge on any atom is 0.150 e. The van der Waals surface area contributed by atoms with Gasteiger partial charge in [-0.1, -0.05) is 136 Å². The van der Waals surface area contributed by atoms with Gasteiger partial charge in [-0.15, -0.1) is 0 Å². The minimum Gasteiger partial charge on any atom is -0.298 e. The maximum absolute atomic E-state index is 10.0. The summed E-state index contributed by atoms with van der Waals surface area (Å²) >= 11 is 0. The van der Waals surface area contributed by atoms with E-state index in [1.54, 1.807) is 12.1 Å². The van der Waals surface area contributed by atoms with E-state index in [1.165, 1.54) is 10.6 Å². The predicted octanol–water partition coefficient (Wildman–Crippen LogP) is 5.50. The number of aldehydes is 1. The summed E-state index contributed by atoms with van der Waals surface area (Å²) in [7, 11) is 0.777. The van der Waals surface area contributed by atoms with Gasteiger partial charge in [-0.25, -0.2) is 0 Å². The molecule has 0 fully saturated rings. The minimum absolute atomic E-state index is 0.729. The molecule has 0 aliphatic rings. The molecule has 0 radical (unpaired) electrons. The molecule has 0 saturated carbocycles. The van der Waals surface area contributed by atoms with Gasteiger partial charge in [-0.05, 0) is 10.6 Å². The van der Waals surface area contributed by atoms with Crippen LogP contribution >= 0.6 is 8.58 Å². The molecule has 0 atom stereocenters. The molecule has 0 aliphatic heterocycles. The molecule has 0 spiro atoms. The Bertz CT molecular complexity index is 783. The summed E-state index contributed by atoms with van der Waals surface area (Å²) in [6, 6.07) is 42.2. The highest BCUT2D eigenvalue weighted by atomic mass is 31.1. The quantitative estimate of drug-likeness (QED) is 0.344. The first kappa shape index (κ1) is 20.3. The molecule has 134 valence electrons. The number of benzene rings is 4. The van der Waals surface area contributed by atoms with Crippen LogP contribution in [-0.2, 0) is 0 Å². The Morgan fingerprint density at radius 2 is 0.741 bits per heavy atom. The van der Waals surface area contributed by atoms with Crippen molar-refractivity contribution in [2.24, 2.45) is 0 Å². The number of rotatable bonds is 3. The minimum atomic E-state index is 0.729. The first-order chi connectivity index (χ1) is 13.4. The Morgan fingerprint density at radius 3 is 1.04 bits per heavy atom. The van der Waals surface area contributed by atoms with Gasteiger partial charge in [0.15, 0.2) is 0 Å². The Morgan fingerprint density at radius 1 is 0.444 bits per heavy atom. The number of hydrogen-bond donors (Lipinski definition) is 0. The van der Waals surface area contributed by atoms with Crippen molar-refractivity contribution < 1.29 is 4.79 Å². The van der Waals surface area contributed by atoms with Crippen molar-refractivity contribution in [3.05, 3.63) is 133 Å². The lowest BCUT2D eigenvalue weighted by Gasteiger charge is -2.00. The van der Waals surface area contributed by atoms with Crippen molar-refractivity contribution in [2.45, 2.75) is 0 Å². The Labute approximate surface area is 163 Å². The van der Waals surface area contributed by atoms with Crippen molar-refractivity contribution >= 4 is 25.5 Å². The molecule has 0 amide bonds. The highest BCUT2D eigenvalue weighted by Gasteiger charge is 1.92. The molecule has 1 nitrogen and oxygen atoms in total. The molecule has 0 N–H and O–H groups in total. The second-order valence-electron chi connectivity index (χ2n) is 5.54. The van der Waals surface area contributed by atoms with Crippen LogP contribution < -0.4 is 10.6 Å². The number of carbonyl (C=O) groups excluding carboxylic acids is 1. The van der Waals surface area contributed by atoms with Crippen LogP contribution in [0.4, 0.5) is 0 Å². The van der Waals surface area contributed by atoms with Crippen LogP contribution in [0.25, 0.3) is 0 Å². The molecule has 0 aliphatic carbocycles. The van der Waals surface area contributed by atoms with Gasteiger partial charge in [0.2, 0.25) is 0 Å². The second-order valence-corrected chi connectivity index (χ2v) is 6.94. The summed E-state index contributed by atoms with van der Waals surface area (Å²) in [6.45, 7) is 0. The van der Waals surface area contributed by atoms with E-state index < -0.39 is 0 Å². The van der Waals surface area contributed by atoms with Gasteiger partial charge in [0.05, 0.1) is 0 Å². The molecule has 0 bridgehead atoms. The Kier molecular flexibility index (Phi) is 9.94. The smallest absolute Gasteiger partial charge is 0.150 e. The first-order valence-corrected chi connectivity index (χ1v) is 9.76. The average Bonchev–Trinajstić information content (AvgIpc) is 2.78. The summed E-state index contributed by atoms with van der Waals surface area (Å²) < 4.78 is 0. The third kappa shape index (κ3) is 9.30. The molecule has 0 aromatic heterocycles. The van der Waals surface area contributed by atoms with Crippen LogP contribution in [0.1, 0.15) is 10.4 Å². The topological polar surface area (TPSA) is 17.1 Å². The van der Waals surface area contributed by atoms with Crippen molar-refractivity contribution in [2.75, 3.05) is 0 Å². The van der Waals surface area contributed by atoms with Gasteiger partial charge in [0, 0.05) is 5.56 Å². The largest absolute Gasteiger partial charge is 0.298 e. The van der Waals surface area contributed by atoms with E-state index in [0.29, 0.717) is 0 Å². The fourth-order valence-electron chi connectivity index (χ4n) is 2.13. The van der Waals surface area contributed by atoms with E-state index in [2.05, 4.69) is 60.7 Å². The van der Waals surface area contributed by atoms with Crippen molar-refractivity contribution in [3.8, 4) is 0 Å². The van der Waals surface area contributed by atoms with Gasteiger partial charge in [0.25, 0.3) is 0 Å². The van der Waals surface area contributed by atoms with E-state index in [4.69, 9.17) is 0 Å². The molecule has 27 heavy (non-hydrogen) atoms. The van der Waals surface area contributed by atoms with Gasteiger partial charge < -0.3 is 0 Å². The Hall–Kier alpha value is -3.02. The molecule has 4 aromatic rings. The van der Waals surface area contributed by atoms with E-state index in [0.717, 1.165) is 20.4 Å². The lowest BCUT2D eigenvalue weighted by atomic mass is 10.2. The van der Waals surface area contributed by atoms with E-state index in [1.807, 2.05) is 54.6 Å². The molecule has 2 heteroatoms. The zero-order valence-corrected chi connectivity index (χ0v) is 16.1. The monoisotopic (exact) mass is 370 g/mol. The molecular formula is C25H23OP. The second kappa shape index (κ2) is 13.2. The third-order valence-corrected chi connectivity index (χ3v) is 4.68. The summed E-state index contributed by atoms with van der Waals surface area (Å²) in [5.74, 6) is 0. The Balaban J connectivity index is 0.000000159. The lowest BCUT2D eigenvalue weighted by Crippen LogP contribution is -2.01. The van der Waals surface area contributed by atoms with Crippen LogP contribution in [0, 0.1) is 0 Å². The average molecular weight is 370 g/mol. The van der Waals surface area contributed by atoms with Crippen molar-refractivity contribution in [1.29, 1.82) is 0 Å². The molecular weight excluding hydrogens is 347 g/mol. The van der Waals surface area contributed by atoms with Gasteiger partial charge in [-0.3, -0.25) is 4.79 Å². The standard InChI is InChI=1S/C12H11P.C7H6O.C6H6/c1-3-7-11(8-4-1)13-12-9-5-2-6-10-12;8-6-7-4-2-1-3-5-7;1-2-4-6-5-3-1/h1-10,13H;1-6H;1-6H. The van der Waals surface area contributed by atoms with Crippen molar-refractivity contribution in [1.82, 2.24) is 0 Å². The molecule has 4 rings (SSSR count). The lowest BCUT2D eigenvalue weighted by molar-refractivity contribution is 0.112. The molecule has 0 saturated heterocycles. The van der Waals surface area contributed by atoms with Gasteiger partial charge in [-0.2, -0.15) is 0 Å². The summed E-state index contributed by atoms with van der Waals surface area (Å²) in [5.41, 5.74) is 0.729. The zero-order valence-electron chi connectivity index (χ0n) is 15.1. The van der Waals surface area contributed by atoms with Crippen LogP contribution in [-0.4, -0.2) is 6.29 Å². The molecule has 0 heterocycles. The summed E-state index contributed by atoms with van der Waals surface area (Å²) in [4.78, 5) is 10.0. The van der Waals surface area contributed by atoms with Crippen LogP contribution in [0.2, 0.25) is 0 Å². The third-order valence-electron chi connectivity index (χ3n) is 3.44. The zero-order chi connectivity index (χ0) is 19.0. The van der Waals surface area contributed by atoms with E-state index >= 15 is 0 Å².